The molecule has 0 radical (unpaired) electrons. The Bertz CT molecular complexity index is 821. The second kappa shape index (κ2) is 5.21. The molecule has 0 aliphatic carbocycles. The van der Waals surface area contributed by atoms with E-state index in [4.69, 9.17) is 9.72 Å². The van der Waals surface area contributed by atoms with Gasteiger partial charge in [-0.25, -0.2) is 4.98 Å². The van der Waals surface area contributed by atoms with E-state index >= 15 is 0 Å². The van der Waals surface area contributed by atoms with Gasteiger partial charge in [0.1, 0.15) is 5.75 Å². The number of fused-ring (bicyclic) bond motifs is 1. The molecule has 106 valence electrons. The highest BCUT2D eigenvalue weighted by Gasteiger charge is 2.14. The molecule has 0 amide bonds. The number of rotatable bonds is 2. The molecule has 2 aromatic carbocycles. The van der Waals surface area contributed by atoms with Gasteiger partial charge >= 0.3 is 0 Å². The van der Waals surface area contributed by atoms with Gasteiger partial charge in [-0.05, 0) is 49.6 Å². The molecule has 0 aliphatic rings. The van der Waals surface area contributed by atoms with Crippen LogP contribution in [0.15, 0.2) is 42.5 Å². The van der Waals surface area contributed by atoms with E-state index in [2.05, 4.69) is 51.1 Å². The molecular weight excluding hydrogens is 258 g/mol. The van der Waals surface area contributed by atoms with Crippen LogP contribution >= 0.6 is 0 Å². The van der Waals surface area contributed by atoms with Gasteiger partial charge in [0.2, 0.25) is 0 Å². The summed E-state index contributed by atoms with van der Waals surface area (Å²) < 4.78 is 5.54. The lowest BCUT2D eigenvalue weighted by Crippen LogP contribution is -1.97. The normalized spacial score (nSPS) is 10.9. The Labute approximate surface area is 125 Å². The van der Waals surface area contributed by atoms with E-state index in [1.165, 1.54) is 22.1 Å². The van der Waals surface area contributed by atoms with E-state index in [0.29, 0.717) is 0 Å². The van der Waals surface area contributed by atoms with Gasteiger partial charge in [-0.3, -0.25) is 0 Å². The van der Waals surface area contributed by atoms with Crippen molar-refractivity contribution in [1.82, 2.24) is 4.98 Å². The van der Waals surface area contributed by atoms with Crippen LogP contribution in [0, 0.1) is 20.8 Å². The van der Waals surface area contributed by atoms with Gasteiger partial charge in [0.05, 0.1) is 18.3 Å². The summed E-state index contributed by atoms with van der Waals surface area (Å²) in [5.41, 5.74) is 6.69. The fourth-order valence-corrected chi connectivity index (χ4v) is 2.82. The smallest absolute Gasteiger partial charge is 0.128 e. The van der Waals surface area contributed by atoms with Crippen molar-refractivity contribution >= 4 is 10.9 Å². The highest BCUT2D eigenvalue weighted by Crippen LogP contribution is 2.35. The zero-order valence-corrected chi connectivity index (χ0v) is 12.9. The lowest BCUT2D eigenvalue weighted by atomic mass is 9.98. The van der Waals surface area contributed by atoms with Crippen LogP contribution in [0.1, 0.15) is 16.7 Å². The van der Waals surface area contributed by atoms with E-state index in [1.54, 1.807) is 7.11 Å². The second-order valence-electron chi connectivity index (χ2n) is 5.45. The predicted molar refractivity (Wildman–Crippen MR) is 87.9 cm³/mol. The minimum Gasteiger partial charge on any atom is -0.496 e. The molecule has 2 nitrogen and oxygen atoms in total. The van der Waals surface area contributed by atoms with E-state index in [0.717, 1.165) is 22.5 Å². The molecule has 0 aliphatic heterocycles. The molecule has 3 aromatic rings. The molecule has 3 rings (SSSR count). The van der Waals surface area contributed by atoms with Crippen LogP contribution in [0.25, 0.3) is 22.2 Å². The lowest BCUT2D eigenvalue weighted by Gasteiger charge is -2.14. The van der Waals surface area contributed by atoms with Crippen molar-refractivity contribution < 1.29 is 4.74 Å². The summed E-state index contributed by atoms with van der Waals surface area (Å²) in [5.74, 6) is 0.874. The SMILES string of the molecule is COc1cccc(C)c1-c1nc2c(C)cccc2cc1C. The fraction of sp³-hybridized carbons (Fsp3) is 0.211. The van der Waals surface area contributed by atoms with Gasteiger partial charge in [0, 0.05) is 10.9 Å². The number of aromatic nitrogens is 1. The molecular formula is C19H19NO. The Morgan fingerprint density at radius 3 is 2.33 bits per heavy atom. The number of hydrogen-bond acceptors (Lipinski definition) is 2. The molecule has 0 saturated heterocycles. The van der Waals surface area contributed by atoms with E-state index in [9.17, 15) is 0 Å². The van der Waals surface area contributed by atoms with Crippen molar-refractivity contribution in [2.24, 2.45) is 0 Å². The molecule has 0 spiro atoms. The minimum absolute atomic E-state index is 0.874. The third-order valence-electron chi connectivity index (χ3n) is 3.93. The third-order valence-corrected chi connectivity index (χ3v) is 3.93. The summed E-state index contributed by atoms with van der Waals surface area (Å²) in [6.07, 6.45) is 0. The van der Waals surface area contributed by atoms with Crippen molar-refractivity contribution in [3.63, 3.8) is 0 Å². The number of hydrogen-bond donors (Lipinski definition) is 0. The number of aryl methyl sites for hydroxylation is 3. The molecule has 0 unspecified atom stereocenters. The first-order valence-corrected chi connectivity index (χ1v) is 7.12. The standard InChI is InChI=1S/C19H19NO/c1-12-7-6-10-16(21-4)17(12)19-14(3)11-15-9-5-8-13(2)18(15)20-19/h5-11H,1-4H3. The van der Waals surface area contributed by atoms with Gasteiger partial charge < -0.3 is 4.74 Å². The predicted octanol–water partition coefficient (Wildman–Crippen LogP) is 4.84. The molecule has 1 aromatic heterocycles. The summed E-state index contributed by atoms with van der Waals surface area (Å²) in [6, 6.07) is 14.6. The van der Waals surface area contributed by atoms with E-state index < -0.39 is 0 Å². The lowest BCUT2D eigenvalue weighted by molar-refractivity contribution is 0.416. The molecule has 21 heavy (non-hydrogen) atoms. The fourth-order valence-electron chi connectivity index (χ4n) is 2.82. The molecule has 1 heterocycles. The second-order valence-corrected chi connectivity index (χ2v) is 5.45. The Balaban J connectivity index is 2.36. The van der Waals surface area contributed by atoms with Gasteiger partial charge in [-0.15, -0.1) is 0 Å². The maximum atomic E-state index is 5.54. The molecule has 0 atom stereocenters. The molecule has 0 bridgehead atoms. The minimum atomic E-state index is 0.874. The Kier molecular flexibility index (Phi) is 3.38. The van der Waals surface area contributed by atoms with E-state index in [-0.39, 0.29) is 0 Å². The van der Waals surface area contributed by atoms with Crippen LogP contribution in [-0.2, 0) is 0 Å². The number of methoxy groups -OCH3 is 1. The number of ether oxygens (including phenoxy) is 1. The number of benzene rings is 2. The van der Waals surface area contributed by atoms with Gasteiger partial charge in [0.25, 0.3) is 0 Å². The monoisotopic (exact) mass is 277 g/mol. The van der Waals surface area contributed by atoms with Gasteiger partial charge in [-0.1, -0.05) is 30.3 Å². The number of nitrogens with zero attached hydrogens (tertiary/aromatic N) is 1. The van der Waals surface area contributed by atoms with Crippen molar-refractivity contribution in [1.29, 1.82) is 0 Å². The van der Waals surface area contributed by atoms with Gasteiger partial charge in [-0.2, -0.15) is 0 Å². The zero-order chi connectivity index (χ0) is 15.0. The molecule has 0 saturated carbocycles. The average Bonchev–Trinajstić information content (AvgIpc) is 2.47. The maximum Gasteiger partial charge on any atom is 0.128 e. The van der Waals surface area contributed by atoms with Gasteiger partial charge in [0.15, 0.2) is 0 Å². The van der Waals surface area contributed by atoms with Crippen LogP contribution < -0.4 is 4.74 Å². The topological polar surface area (TPSA) is 22.1 Å². The molecule has 0 fully saturated rings. The Morgan fingerprint density at radius 1 is 0.857 bits per heavy atom. The quantitative estimate of drug-likeness (QED) is 0.669. The summed E-state index contributed by atoms with van der Waals surface area (Å²) in [6.45, 7) is 6.31. The number of pyridine rings is 1. The van der Waals surface area contributed by atoms with Crippen LogP contribution in [0.2, 0.25) is 0 Å². The molecule has 0 N–H and O–H groups in total. The highest BCUT2D eigenvalue weighted by atomic mass is 16.5. The molecule has 2 heteroatoms. The van der Waals surface area contributed by atoms with Crippen LogP contribution in [0.4, 0.5) is 0 Å². The van der Waals surface area contributed by atoms with Crippen LogP contribution in [-0.4, -0.2) is 12.1 Å². The van der Waals surface area contributed by atoms with Crippen LogP contribution in [0.3, 0.4) is 0 Å². The Morgan fingerprint density at radius 2 is 1.57 bits per heavy atom. The average molecular weight is 277 g/mol. The number of para-hydroxylation sites is 1. The van der Waals surface area contributed by atoms with Crippen LogP contribution in [0.5, 0.6) is 5.75 Å². The zero-order valence-electron chi connectivity index (χ0n) is 12.9. The van der Waals surface area contributed by atoms with Crippen molar-refractivity contribution in [2.75, 3.05) is 7.11 Å². The van der Waals surface area contributed by atoms with E-state index in [1.807, 2.05) is 12.1 Å². The maximum absolute atomic E-state index is 5.54. The largest absolute Gasteiger partial charge is 0.496 e. The first-order chi connectivity index (χ1) is 10.1. The Hall–Kier alpha value is -2.35. The first kappa shape index (κ1) is 13.6. The van der Waals surface area contributed by atoms with Crippen molar-refractivity contribution in [3.8, 4) is 17.0 Å². The summed E-state index contributed by atoms with van der Waals surface area (Å²) in [5, 5.41) is 1.18. The highest BCUT2D eigenvalue weighted by molar-refractivity contribution is 5.87. The first-order valence-electron chi connectivity index (χ1n) is 7.12. The summed E-state index contributed by atoms with van der Waals surface area (Å²) in [4.78, 5) is 4.93. The van der Waals surface area contributed by atoms with Crippen molar-refractivity contribution in [2.45, 2.75) is 20.8 Å². The third kappa shape index (κ3) is 2.27. The van der Waals surface area contributed by atoms with Crippen molar-refractivity contribution in [3.05, 3.63) is 59.2 Å². The summed E-state index contributed by atoms with van der Waals surface area (Å²) >= 11 is 0. The summed E-state index contributed by atoms with van der Waals surface area (Å²) in [7, 11) is 1.71.